The molecule has 0 bridgehead atoms. The Morgan fingerprint density at radius 1 is 1.19 bits per heavy atom. The van der Waals surface area contributed by atoms with Crippen molar-refractivity contribution in [3.05, 3.63) is 63.1 Å². The Labute approximate surface area is 136 Å². The van der Waals surface area contributed by atoms with Crippen molar-refractivity contribution in [2.24, 2.45) is 0 Å². The van der Waals surface area contributed by atoms with Crippen LogP contribution in [-0.2, 0) is 11.2 Å². The Bertz CT molecular complexity index is 672. The molecule has 21 heavy (non-hydrogen) atoms. The fourth-order valence-electron chi connectivity index (χ4n) is 2.48. The Kier molecular flexibility index (Phi) is 4.29. The number of amides is 1. The third kappa shape index (κ3) is 3.12. The lowest BCUT2D eigenvalue weighted by molar-refractivity contribution is -0.117. The van der Waals surface area contributed by atoms with Crippen LogP contribution in [-0.4, -0.2) is 12.5 Å². The maximum absolute atomic E-state index is 12.1. The highest BCUT2D eigenvalue weighted by molar-refractivity contribution is 9.10. The van der Waals surface area contributed by atoms with E-state index in [0.29, 0.717) is 0 Å². The number of rotatable bonds is 4. The van der Waals surface area contributed by atoms with Gasteiger partial charge in [-0.05, 0) is 36.2 Å². The van der Waals surface area contributed by atoms with Crippen LogP contribution in [0, 0.1) is 0 Å². The number of hydrogen-bond acceptors (Lipinski definition) is 2. The molecular weight excluding hydrogens is 352 g/mol. The minimum absolute atomic E-state index is 0.00648. The second-order valence-electron chi connectivity index (χ2n) is 4.95. The number of carbonyl (C=O) groups excluding carboxylic acids is 1. The molecule has 2 aromatic rings. The van der Waals surface area contributed by atoms with Crippen LogP contribution < -0.4 is 10.6 Å². The topological polar surface area (TPSA) is 41.1 Å². The first-order chi connectivity index (χ1) is 10.1. The molecule has 0 spiro atoms. The second-order valence-corrected chi connectivity index (χ2v) is 6.24. The van der Waals surface area contributed by atoms with Gasteiger partial charge >= 0.3 is 0 Å². The molecule has 0 fully saturated rings. The van der Waals surface area contributed by atoms with Crippen LogP contribution in [0.3, 0.4) is 0 Å². The van der Waals surface area contributed by atoms with E-state index in [1.807, 2.05) is 42.5 Å². The van der Waals surface area contributed by atoms with E-state index in [4.69, 9.17) is 11.6 Å². The Morgan fingerprint density at radius 3 is 2.71 bits per heavy atom. The molecule has 2 aromatic carbocycles. The number of fused-ring (bicyclic) bond motifs is 1. The summed E-state index contributed by atoms with van der Waals surface area (Å²) in [6, 6.07) is 13.2. The number of nitrogens with one attached hydrogen (secondary N) is 2. The molecule has 3 nitrogen and oxygen atoms in total. The molecule has 0 aliphatic carbocycles. The van der Waals surface area contributed by atoms with Gasteiger partial charge in [0.25, 0.3) is 0 Å². The molecule has 3 rings (SSSR count). The molecule has 1 aliphatic rings. The van der Waals surface area contributed by atoms with Crippen molar-refractivity contribution in [3.8, 4) is 0 Å². The summed E-state index contributed by atoms with van der Waals surface area (Å²) in [4.78, 5) is 12.1. The van der Waals surface area contributed by atoms with Gasteiger partial charge < -0.3 is 10.6 Å². The van der Waals surface area contributed by atoms with E-state index in [0.717, 1.165) is 33.7 Å². The SMILES string of the molecule is O=C1Nc2cccc(Br)c2C1NCCc1ccc(Cl)cc1. The molecule has 2 N–H and O–H groups in total. The smallest absolute Gasteiger partial charge is 0.246 e. The van der Waals surface area contributed by atoms with E-state index in [1.165, 1.54) is 5.56 Å². The first-order valence-electron chi connectivity index (χ1n) is 6.72. The average Bonchev–Trinajstić information content (AvgIpc) is 2.79. The van der Waals surface area contributed by atoms with Crippen LogP contribution in [0.15, 0.2) is 46.9 Å². The lowest BCUT2D eigenvalue weighted by Crippen LogP contribution is -2.29. The summed E-state index contributed by atoms with van der Waals surface area (Å²) < 4.78 is 0.947. The van der Waals surface area contributed by atoms with E-state index >= 15 is 0 Å². The Balaban J connectivity index is 1.66. The summed E-state index contributed by atoms with van der Waals surface area (Å²) in [6.07, 6.45) is 0.848. The second kappa shape index (κ2) is 6.18. The van der Waals surface area contributed by atoms with Gasteiger partial charge in [0.15, 0.2) is 0 Å². The van der Waals surface area contributed by atoms with Crippen LogP contribution in [0.5, 0.6) is 0 Å². The van der Waals surface area contributed by atoms with Gasteiger partial charge in [0.05, 0.1) is 0 Å². The number of hydrogen-bond donors (Lipinski definition) is 2. The number of anilines is 1. The summed E-state index contributed by atoms with van der Waals surface area (Å²) in [6.45, 7) is 0.723. The van der Waals surface area contributed by atoms with Crippen LogP contribution in [0.25, 0.3) is 0 Å². The molecule has 1 unspecified atom stereocenters. The van der Waals surface area contributed by atoms with E-state index < -0.39 is 0 Å². The van der Waals surface area contributed by atoms with E-state index in [-0.39, 0.29) is 11.9 Å². The molecule has 0 saturated heterocycles. The molecule has 1 aliphatic heterocycles. The number of halogens is 2. The van der Waals surface area contributed by atoms with Crippen LogP contribution in [0.2, 0.25) is 5.02 Å². The minimum Gasteiger partial charge on any atom is -0.324 e. The maximum atomic E-state index is 12.1. The maximum Gasteiger partial charge on any atom is 0.246 e. The third-order valence-corrected chi connectivity index (χ3v) is 4.48. The van der Waals surface area contributed by atoms with Crippen LogP contribution in [0.1, 0.15) is 17.2 Å². The molecule has 5 heteroatoms. The largest absolute Gasteiger partial charge is 0.324 e. The number of benzene rings is 2. The monoisotopic (exact) mass is 364 g/mol. The van der Waals surface area contributed by atoms with Crippen molar-refractivity contribution in [1.82, 2.24) is 5.32 Å². The highest BCUT2D eigenvalue weighted by atomic mass is 79.9. The fraction of sp³-hybridized carbons (Fsp3) is 0.188. The minimum atomic E-state index is -0.303. The summed E-state index contributed by atoms with van der Waals surface area (Å²) in [5.74, 6) is -0.00648. The quantitative estimate of drug-likeness (QED) is 0.862. The molecule has 108 valence electrons. The standard InChI is InChI=1S/C16H14BrClN2O/c17-12-2-1-3-13-14(12)15(16(21)20-13)19-9-8-10-4-6-11(18)7-5-10/h1-7,15,19H,8-9H2,(H,20,21). The zero-order valence-corrected chi connectivity index (χ0v) is 13.5. The van der Waals surface area contributed by atoms with Crippen molar-refractivity contribution in [2.45, 2.75) is 12.5 Å². The van der Waals surface area contributed by atoms with E-state index in [9.17, 15) is 4.79 Å². The molecule has 1 heterocycles. The molecule has 0 aromatic heterocycles. The van der Waals surface area contributed by atoms with Gasteiger partial charge in [-0.3, -0.25) is 4.79 Å². The van der Waals surface area contributed by atoms with Crippen molar-refractivity contribution < 1.29 is 4.79 Å². The van der Waals surface area contributed by atoms with Crippen molar-refractivity contribution in [1.29, 1.82) is 0 Å². The zero-order valence-electron chi connectivity index (χ0n) is 11.2. The highest BCUT2D eigenvalue weighted by Gasteiger charge is 2.31. The fourth-order valence-corrected chi connectivity index (χ4v) is 3.20. The van der Waals surface area contributed by atoms with Gasteiger partial charge in [0, 0.05) is 27.3 Å². The zero-order chi connectivity index (χ0) is 14.8. The predicted octanol–water partition coefficient (Wildman–Crippen LogP) is 3.93. The number of carbonyl (C=O) groups is 1. The first kappa shape index (κ1) is 14.6. The molecule has 0 radical (unpaired) electrons. The van der Waals surface area contributed by atoms with Crippen LogP contribution in [0.4, 0.5) is 5.69 Å². The summed E-state index contributed by atoms with van der Waals surface area (Å²) >= 11 is 9.38. The Morgan fingerprint density at radius 2 is 1.95 bits per heavy atom. The third-order valence-electron chi connectivity index (χ3n) is 3.54. The van der Waals surface area contributed by atoms with Gasteiger partial charge in [-0.15, -0.1) is 0 Å². The Hall–Kier alpha value is -1.36. The van der Waals surface area contributed by atoms with Gasteiger partial charge in [0.1, 0.15) is 6.04 Å². The normalized spacial score (nSPS) is 16.7. The molecule has 1 amide bonds. The van der Waals surface area contributed by atoms with Crippen molar-refractivity contribution in [2.75, 3.05) is 11.9 Å². The molecule has 0 saturated carbocycles. The highest BCUT2D eigenvalue weighted by Crippen LogP contribution is 2.36. The molecular formula is C16H14BrClN2O. The van der Waals surface area contributed by atoms with Gasteiger partial charge in [-0.2, -0.15) is 0 Å². The first-order valence-corrected chi connectivity index (χ1v) is 7.89. The summed E-state index contributed by atoms with van der Waals surface area (Å²) in [5, 5.41) is 6.95. The van der Waals surface area contributed by atoms with Gasteiger partial charge in [-0.25, -0.2) is 0 Å². The van der Waals surface area contributed by atoms with Crippen molar-refractivity contribution >= 4 is 39.1 Å². The van der Waals surface area contributed by atoms with Crippen molar-refractivity contribution in [3.63, 3.8) is 0 Å². The lowest BCUT2D eigenvalue weighted by Gasteiger charge is -2.12. The van der Waals surface area contributed by atoms with E-state index in [2.05, 4.69) is 26.6 Å². The summed E-state index contributed by atoms with van der Waals surface area (Å²) in [7, 11) is 0. The molecule has 1 atom stereocenters. The predicted molar refractivity (Wildman–Crippen MR) is 88.7 cm³/mol. The van der Waals surface area contributed by atoms with Gasteiger partial charge in [0.2, 0.25) is 5.91 Å². The average molecular weight is 366 g/mol. The summed E-state index contributed by atoms with van der Waals surface area (Å²) in [5.41, 5.74) is 3.05. The van der Waals surface area contributed by atoms with Gasteiger partial charge in [-0.1, -0.05) is 45.7 Å². The van der Waals surface area contributed by atoms with E-state index in [1.54, 1.807) is 0 Å². The van der Waals surface area contributed by atoms with Crippen LogP contribution >= 0.6 is 27.5 Å². The lowest BCUT2D eigenvalue weighted by atomic mass is 10.1.